The van der Waals surface area contributed by atoms with Gasteiger partial charge in [-0.2, -0.15) is 0 Å². The first-order valence-corrected chi connectivity index (χ1v) is 5.80. The lowest BCUT2D eigenvalue weighted by Crippen LogP contribution is -1.92. The van der Waals surface area contributed by atoms with E-state index in [-0.39, 0.29) is 0 Å². The molecule has 0 heterocycles. The molecule has 0 aliphatic rings. The molecule has 0 aliphatic heterocycles. The molecule has 0 N–H and O–H groups in total. The van der Waals surface area contributed by atoms with Gasteiger partial charge in [-0.15, -0.1) is 0 Å². The van der Waals surface area contributed by atoms with Crippen LogP contribution in [0.25, 0.3) is 0 Å². The maximum absolute atomic E-state index is 5.78. The predicted octanol–water partition coefficient (Wildman–Crippen LogP) is 3.50. The summed E-state index contributed by atoms with van der Waals surface area (Å²) in [5.74, 6) is 3.45. The zero-order valence-electron chi connectivity index (χ0n) is 11.2. The minimum Gasteiger partial charge on any atom is -0.497 e. The Balaban J connectivity index is 2.25. The molecule has 0 radical (unpaired) electrons. The van der Waals surface area contributed by atoms with Gasteiger partial charge in [0.2, 0.25) is 0 Å². The maximum Gasteiger partial charge on any atom is 0.172 e. The van der Waals surface area contributed by atoms with Gasteiger partial charge in [-0.05, 0) is 36.4 Å². The van der Waals surface area contributed by atoms with Crippen LogP contribution >= 0.6 is 0 Å². The van der Waals surface area contributed by atoms with Crippen molar-refractivity contribution in [2.45, 2.75) is 0 Å². The zero-order valence-corrected chi connectivity index (χ0v) is 11.2. The average molecular weight is 260 g/mol. The van der Waals surface area contributed by atoms with Gasteiger partial charge < -0.3 is 18.9 Å². The highest BCUT2D eigenvalue weighted by Crippen LogP contribution is 2.35. The van der Waals surface area contributed by atoms with Crippen molar-refractivity contribution in [3.63, 3.8) is 0 Å². The number of hydrogen-bond acceptors (Lipinski definition) is 4. The number of methoxy groups -OCH3 is 3. The largest absolute Gasteiger partial charge is 0.497 e. The Morgan fingerprint density at radius 1 is 0.579 bits per heavy atom. The van der Waals surface area contributed by atoms with E-state index in [2.05, 4.69) is 0 Å². The molecule has 0 fully saturated rings. The van der Waals surface area contributed by atoms with E-state index in [1.807, 2.05) is 30.3 Å². The van der Waals surface area contributed by atoms with Crippen molar-refractivity contribution in [1.29, 1.82) is 0 Å². The highest BCUT2D eigenvalue weighted by molar-refractivity contribution is 5.48. The van der Waals surface area contributed by atoms with Gasteiger partial charge in [0, 0.05) is 6.07 Å². The summed E-state index contributed by atoms with van der Waals surface area (Å²) in [4.78, 5) is 0. The van der Waals surface area contributed by atoms with E-state index < -0.39 is 0 Å². The van der Waals surface area contributed by atoms with E-state index in [1.54, 1.807) is 33.5 Å². The third-order valence-corrected chi connectivity index (χ3v) is 2.66. The lowest BCUT2D eigenvalue weighted by atomic mass is 10.3. The van der Waals surface area contributed by atoms with Crippen LogP contribution in [0, 0.1) is 0 Å². The molecule has 0 aliphatic carbocycles. The van der Waals surface area contributed by atoms with Crippen LogP contribution in [0.3, 0.4) is 0 Å². The van der Waals surface area contributed by atoms with Crippen LogP contribution < -0.4 is 18.9 Å². The molecular formula is C15H16O4. The van der Waals surface area contributed by atoms with Crippen molar-refractivity contribution in [2.75, 3.05) is 21.3 Å². The third-order valence-electron chi connectivity index (χ3n) is 2.66. The van der Waals surface area contributed by atoms with Crippen LogP contribution in [0.4, 0.5) is 0 Å². The van der Waals surface area contributed by atoms with E-state index in [9.17, 15) is 0 Å². The van der Waals surface area contributed by atoms with Gasteiger partial charge in [-0.25, -0.2) is 0 Å². The van der Waals surface area contributed by atoms with Gasteiger partial charge in [-0.1, -0.05) is 0 Å². The highest BCUT2D eigenvalue weighted by atomic mass is 16.5. The quantitative estimate of drug-likeness (QED) is 0.824. The van der Waals surface area contributed by atoms with E-state index in [1.165, 1.54) is 0 Å². The van der Waals surface area contributed by atoms with E-state index in [4.69, 9.17) is 18.9 Å². The molecule has 0 saturated heterocycles. The van der Waals surface area contributed by atoms with Crippen molar-refractivity contribution in [2.24, 2.45) is 0 Å². The Morgan fingerprint density at radius 2 is 1.16 bits per heavy atom. The van der Waals surface area contributed by atoms with Crippen LogP contribution in [0.5, 0.6) is 28.7 Å². The fourth-order valence-corrected chi connectivity index (χ4v) is 1.63. The Bertz CT molecular complexity index is 534. The van der Waals surface area contributed by atoms with Gasteiger partial charge in [-0.3, -0.25) is 0 Å². The van der Waals surface area contributed by atoms with E-state index in [0.29, 0.717) is 23.0 Å². The monoisotopic (exact) mass is 260 g/mol. The molecule has 2 aromatic rings. The van der Waals surface area contributed by atoms with Crippen LogP contribution in [-0.2, 0) is 0 Å². The molecule has 0 atom stereocenters. The standard InChI is InChI=1S/C15H16O4/c1-16-11-4-6-12(7-5-11)19-15-10-13(17-2)8-9-14(15)18-3/h4-10H,1-3H3. The lowest BCUT2D eigenvalue weighted by Gasteiger charge is -2.12. The van der Waals surface area contributed by atoms with Crippen molar-refractivity contribution in [1.82, 2.24) is 0 Å². The topological polar surface area (TPSA) is 36.9 Å². The molecule has 0 amide bonds. The van der Waals surface area contributed by atoms with Crippen LogP contribution in [0.2, 0.25) is 0 Å². The first-order chi connectivity index (χ1) is 9.26. The van der Waals surface area contributed by atoms with Crippen LogP contribution in [0.15, 0.2) is 42.5 Å². The summed E-state index contributed by atoms with van der Waals surface area (Å²) in [7, 11) is 4.84. The molecule has 0 spiro atoms. The minimum atomic E-state index is 0.604. The van der Waals surface area contributed by atoms with Gasteiger partial charge >= 0.3 is 0 Å². The lowest BCUT2D eigenvalue weighted by molar-refractivity contribution is 0.370. The summed E-state index contributed by atoms with van der Waals surface area (Å²) < 4.78 is 21.3. The van der Waals surface area contributed by atoms with Gasteiger partial charge in [0.1, 0.15) is 17.2 Å². The molecule has 2 rings (SSSR count). The first-order valence-electron chi connectivity index (χ1n) is 5.80. The molecule has 4 heteroatoms. The molecular weight excluding hydrogens is 244 g/mol. The molecule has 4 nitrogen and oxygen atoms in total. The SMILES string of the molecule is COc1ccc(Oc2cc(OC)ccc2OC)cc1. The molecule has 0 unspecified atom stereocenters. The smallest absolute Gasteiger partial charge is 0.172 e. The summed E-state index contributed by atoms with van der Waals surface area (Å²) in [6.07, 6.45) is 0. The summed E-state index contributed by atoms with van der Waals surface area (Å²) in [6, 6.07) is 12.7. The third kappa shape index (κ3) is 3.10. The van der Waals surface area contributed by atoms with Crippen molar-refractivity contribution < 1.29 is 18.9 Å². The van der Waals surface area contributed by atoms with Crippen molar-refractivity contribution in [3.05, 3.63) is 42.5 Å². The second kappa shape index (κ2) is 6.00. The van der Waals surface area contributed by atoms with E-state index in [0.717, 1.165) is 5.75 Å². The molecule has 0 bridgehead atoms. The Kier molecular flexibility index (Phi) is 4.13. The van der Waals surface area contributed by atoms with Crippen molar-refractivity contribution in [3.8, 4) is 28.7 Å². The fourth-order valence-electron chi connectivity index (χ4n) is 1.63. The number of ether oxygens (including phenoxy) is 4. The molecule has 0 aromatic heterocycles. The molecule has 2 aromatic carbocycles. The Labute approximate surface area is 112 Å². The van der Waals surface area contributed by atoms with Gasteiger partial charge in [0.25, 0.3) is 0 Å². The second-order valence-electron chi connectivity index (χ2n) is 3.79. The predicted molar refractivity (Wildman–Crippen MR) is 72.6 cm³/mol. The number of rotatable bonds is 5. The average Bonchev–Trinajstić information content (AvgIpc) is 2.48. The second-order valence-corrected chi connectivity index (χ2v) is 3.79. The summed E-state index contributed by atoms with van der Waals surface area (Å²) in [5, 5.41) is 0. The summed E-state index contributed by atoms with van der Waals surface area (Å²) in [5.41, 5.74) is 0. The Morgan fingerprint density at radius 3 is 1.74 bits per heavy atom. The van der Waals surface area contributed by atoms with Gasteiger partial charge in [0.15, 0.2) is 11.5 Å². The summed E-state index contributed by atoms with van der Waals surface area (Å²) >= 11 is 0. The molecule has 0 saturated carbocycles. The normalized spacial score (nSPS) is 9.84. The number of hydrogen-bond donors (Lipinski definition) is 0. The van der Waals surface area contributed by atoms with Gasteiger partial charge in [0.05, 0.1) is 21.3 Å². The highest BCUT2D eigenvalue weighted by Gasteiger charge is 2.07. The maximum atomic E-state index is 5.78. The van der Waals surface area contributed by atoms with E-state index >= 15 is 0 Å². The molecule has 19 heavy (non-hydrogen) atoms. The van der Waals surface area contributed by atoms with Crippen LogP contribution in [0.1, 0.15) is 0 Å². The van der Waals surface area contributed by atoms with Crippen LogP contribution in [-0.4, -0.2) is 21.3 Å². The number of benzene rings is 2. The Hall–Kier alpha value is -2.36. The fraction of sp³-hybridized carbons (Fsp3) is 0.200. The first kappa shape index (κ1) is 13.1. The summed E-state index contributed by atoms with van der Waals surface area (Å²) in [6.45, 7) is 0. The molecule has 100 valence electrons. The minimum absolute atomic E-state index is 0.604. The van der Waals surface area contributed by atoms with Crippen molar-refractivity contribution >= 4 is 0 Å². The zero-order chi connectivity index (χ0) is 13.7.